The Labute approximate surface area is 204 Å². The number of morpholine rings is 1. The van der Waals surface area contributed by atoms with Gasteiger partial charge in [0, 0.05) is 25.0 Å². The Bertz CT molecular complexity index is 1220. The number of aryl methyl sites for hydroxylation is 2. The number of aromatic nitrogens is 1. The number of nitrogens with one attached hydrogen (secondary N) is 1. The van der Waals surface area contributed by atoms with Gasteiger partial charge in [-0.15, -0.1) is 0 Å². The van der Waals surface area contributed by atoms with Crippen LogP contribution in [0.25, 0.3) is 0 Å². The van der Waals surface area contributed by atoms with E-state index >= 15 is 0 Å². The molecule has 1 fully saturated rings. The molecular weight excluding hydrogens is 470 g/mol. The first-order valence-electron chi connectivity index (χ1n) is 11.0. The summed E-state index contributed by atoms with van der Waals surface area (Å²) in [6.45, 7) is 5.40. The highest BCUT2D eigenvalue weighted by molar-refractivity contribution is 8.00. The lowest BCUT2D eigenvalue weighted by atomic mass is 10.1. The molecule has 2 aromatic carbocycles. The number of rotatable bonds is 7. The molecule has 0 spiro atoms. The molecule has 0 unspecified atom stereocenters. The van der Waals surface area contributed by atoms with Gasteiger partial charge >= 0.3 is 0 Å². The van der Waals surface area contributed by atoms with Crippen molar-refractivity contribution < 1.29 is 17.9 Å². The van der Waals surface area contributed by atoms with Gasteiger partial charge in [-0.25, -0.2) is 13.4 Å². The number of carbonyl (C=O) groups excluding carboxylic acids is 1. The van der Waals surface area contributed by atoms with Gasteiger partial charge in [-0.05, 0) is 54.8 Å². The van der Waals surface area contributed by atoms with E-state index in [1.165, 1.54) is 22.3 Å². The zero-order valence-electron chi connectivity index (χ0n) is 19.1. The summed E-state index contributed by atoms with van der Waals surface area (Å²) in [5.41, 5.74) is 3.71. The lowest BCUT2D eigenvalue weighted by molar-refractivity contribution is -0.115. The Kier molecular flexibility index (Phi) is 7.67. The molecule has 9 heteroatoms. The minimum absolute atomic E-state index is 0.134. The second kappa shape index (κ2) is 10.7. The van der Waals surface area contributed by atoms with E-state index in [1.54, 1.807) is 12.1 Å². The van der Waals surface area contributed by atoms with Crippen molar-refractivity contribution in [1.29, 1.82) is 0 Å². The molecule has 2 heterocycles. The Morgan fingerprint density at radius 3 is 2.32 bits per heavy atom. The van der Waals surface area contributed by atoms with Gasteiger partial charge in [0.25, 0.3) is 0 Å². The number of thioether (sulfide) groups is 1. The third-order valence-electron chi connectivity index (χ3n) is 5.39. The summed E-state index contributed by atoms with van der Waals surface area (Å²) in [5, 5.41) is 3.02. The first-order valence-corrected chi connectivity index (χ1v) is 13.3. The zero-order chi connectivity index (χ0) is 24.1. The first-order chi connectivity index (χ1) is 16.3. The number of pyridine rings is 1. The Morgan fingerprint density at radius 1 is 1.03 bits per heavy atom. The van der Waals surface area contributed by atoms with E-state index in [4.69, 9.17) is 4.74 Å². The van der Waals surface area contributed by atoms with Crippen molar-refractivity contribution in [3.8, 4) is 0 Å². The molecule has 0 aliphatic carbocycles. The fourth-order valence-electron chi connectivity index (χ4n) is 3.80. The summed E-state index contributed by atoms with van der Waals surface area (Å²) in [6.07, 6.45) is 1.36. The maximum absolute atomic E-state index is 13.3. The highest BCUT2D eigenvalue weighted by Crippen LogP contribution is 2.35. The van der Waals surface area contributed by atoms with E-state index in [0.29, 0.717) is 31.3 Å². The molecule has 1 amide bonds. The Hall–Kier alpha value is -2.72. The van der Waals surface area contributed by atoms with Crippen LogP contribution in [0, 0.1) is 13.8 Å². The maximum Gasteiger partial charge on any atom is 0.244 e. The molecule has 4 rings (SSSR count). The summed E-state index contributed by atoms with van der Waals surface area (Å²) in [6, 6.07) is 18.6. The summed E-state index contributed by atoms with van der Waals surface area (Å²) in [5.74, 6) is -0.173. The van der Waals surface area contributed by atoms with Crippen LogP contribution < -0.4 is 5.32 Å². The van der Waals surface area contributed by atoms with Gasteiger partial charge in [-0.2, -0.15) is 4.31 Å². The number of amides is 1. The van der Waals surface area contributed by atoms with Gasteiger partial charge in [0.05, 0.1) is 18.2 Å². The van der Waals surface area contributed by atoms with Crippen LogP contribution in [-0.2, 0) is 19.6 Å². The van der Waals surface area contributed by atoms with Crippen LogP contribution in [0.4, 0.5) is 5.69 Å². The summed E-state index contributed by atoms with van der Waals surface area (Å²) < 4.78 is 32.4. The highest BCUT2D eigenvalue weighted by Gasteiger charge is 2.27. The van der Waals surface area contributed by atoms with Gasteiger partial charge in [0.2, 0.25) is 15.9 Å². The zero-order valence-corrected chi connectivity index (χ0v) is 20.7. The summed E-state index contributed by atoms with van der Waals surface area (Å²) in [4.78, 5) is 17.8. The van der Waals surface area contributed by atoms with Crippen molar-refractivity contribution in [1.82, 2.24) is 9.29 Å². The highest BCUT2D eigenvalue weighted by atomic mass is 32.2. The van der Waals surface area contributed by atoms with E-state index in [0.717, 1.165) is 22.4 Å². The standard InChI is InChI=1S/C25H27N3O4S2/c1-18-14-19(2)16-21(15-18)27-25(29)24(20-6-4-3-5-7-20)33-23-9-8-22(17-26-23)34(30,31)28-10-12-32-13-11-28/h3-9,14-17,24H,10-13H2,1-2H3,(H,27,29)/t24-/m0/s1. The minimum atomic E-state index is -3.62. The monoisotopic (exact) mass is 497 g/mol. The number of benzene rings is 2. The lowest BCUT2D eigenvalue weighted by Gasteiger charge is -2.25. The van der Waals surface area contributed by atoms with Crippen LogP contribution in [-0.4, -0.2) is 49.9 Å². The molecule has 178 valence electrons. The van der Waals surface area contributed by atoms with Crippen molar-refractivity contribution in [2.75, 3.05) is 31.6 Å². The Balaban J connectivity index is 1.55. The first kappa shape index (κ1) is 24.4. The molecule has 1 N–H and O–H groups in total. The average Bonchev–Trinajstić information content (AvgIpc) is 2.83. The fraction of sp³-hybridized carbons (Fsp3) is 0.280. The number of sulfonamides is 1. The molecule has 1 aliphatic heterocycles. The van der Waals surface area contributed by atoms with Crippen LogP contribution in [0.3, 0.4) is 0 Å². The normalized spacial score (nSPS) is 15.6. The van der Waals surface area contributed by atoms with Gasteiger partial charge in [0.15, 0.2) is 0 Å². The van der Waals surface area contributed by atoms with Crippen molar-refractivity contribution in [3.63, 3.8) is 0 Å². The number of carbonyl (C=O) groups is 1. The predicted octanol–water partition coefficient (Wildman–Crippen LogP) is 4.19. The molecule has 3 aromatic rings. The van der Waals surface area contributed by atoms with Gasteiger partial charge in [-0.1, -0.05) is 48.2 Å². The summed E-state index contributed by atoms with van der Waals surface area (Å²) in [7, 11) is -3.62. The molecule has 0 bridgehead atoms. The molecule has 1 aromatic heterocycles. The maximum atomic E-state index is 13.3. The molecule has 0 saturated carbocycles. The lowest BCUT2D eigenvalue weighted by Crippen LogP contribution is -2.40. The average molecular weight is 498 g/mol. The van der Waals surface area contributed by atoms with Crippen molar-refractivity contribution in [2.45, 2.75) is 29.0 Å². The van der Waals surface area contributed by atoms with Crippen LogP contribution in [0.15, 0.2) is 76.8 Å². The van der Waals surface area contributed by atoms with Gasteiger partial charge < -0.3 is 10.1 Å². The van der Waals surface area contributed by atoms with E-state index in [1.807, 2.05) is 56.3 Å². The largest absolute Gasteiger partial charge is 0.379 e. The SMILES string of the molecule is Cc1cc(C)cc(NC(=O)[C@@H](Sc2ccc(S(=O)(=O)N3CCOCC3)cn2)c2ccccc2)c1. The third kappa shape index (κ3) is 5.85. The molecule has 0 radical (unpaired) electrons. The second-order valence-electron chi connectivity index (χ2n) is 8.12. The van der Waals surface area contributed by atoms with Crippen molar-refractivity contribution in [3.05, 3.63) is 83.6 Å². The second-order valence-corrected chi connectivity index (χ2v) is 11.2. The van der Waals surface area contributed by atoms with Gasteiger partial charge in [0.1, 0.15) is 10.1 Å². The molecule has 1 saturated heterocycles. The van der Waals surface area contributed by atoms with Gasteiger partial charge in [-0.3, -0.25) is 4.79 Å². The topological polar surface area (TPSA) is 88.6 Å². The van der Waals surface area contributed by atoms with Crippen LogP contribution >= 0.6 is 11.8 Å². The Morgan fingerprint density at radius 2 is 1.71 bits per heavy atom. The summed E-state index contributed by atoms with van der Waals surface area (Å²) >= 11 is 1.28. The fourth-order valence-corrected chi connectivity index (χ4v) is 6.12. The molecule has 34 heavy (non-hydrogen) atoms. The van der Waals surface area contributed by atoms with E-state index in [-0.39, 0.29) is 10.8 Å². The van der Waals surface area contributed by atoms with Crippen molar-refractivity contribution in [2.24, 2.45) is 0 Å². The molecule has 1 aliphatic rings. The molecular formula is C25H27N3O4S2. The quantitative estimate of drug-likeness (QED) is 0.493. The van der Waals surface area contributed by atoms with E-state index in [9.17, 15) is 13.2 Å². The number of ether oxygens (including phenoxy) is 1. The smallest absolute Gasteiger partial charge is 0.244 e. The third-order valence-corrected chi connectivity index (χ3v) is 8.47. The number of hydrogen-bond donors (Lipinski definition) is 1. The molecule has 1 atom stereocenters. The van der Waals surface area contributed by atoms with Crippen LogP contribution in [0.1, 0.15) is 21.9 Å². The van der Waals surface area contributed by atoms with E-state index in [2.05, 4.69) is 16.4 Å². The van der Waals surface area contributed by atoms with Crippen molar-refractivity contribution >= 4 is 33.4 Å². The number of anilines is 1. The van der Waals surface area contributed by atoms with Crippen LogP contribution in [0.2, 0.25) is 0 Å². The van der Waals surface area contributed by atoms with E-state index < -0.39 is 15.3 Å². The minimum Gasteiger partial charge on any atom is -0.379 e. The molecule has 7 nitrogen and oxygen atoms in total. The van der Waals surface area contributed by atoms with Crippen LogP contribution in [0.5, 0.6) is 0 Å². The number of nitrogens with zero attached hydrogens (tertiary/aromatic N) is 2. The number of hydrogen-bond acceptors (Lipinski definition) is 6. The predicted molar refractivity (Wildman–Crippen MR) is 133 cm³/mol.